The van der Waals surface area contributed by atoms with Crippen molar-refractivity contribution in [2.45, 2.75) is 39.0 Å². The molecule has 6 heteroatoms. The van der Waals surface area contributed by atoms with Crippen molar-refractivity contribution in [2.75, 3.05) is 13.2 Å². The van der Waals surface area contributed by atoms with Crippen LogP contribution in [0, 0.1) is 16.0 Å². The van der Waals surface area contributed by atoms with Crippen LogP contribution in [-0.4, -0.2) is 24.1 Å². The standard InChI is InChI=1S/C16H21NO5/c1-3-13(16(18)21-4-2)12-7-8-14(17(19)20)15(9-12)22-10-11-5-6-11/h7-9,11,13H,3-6,10H2,1-2H3. The molecule has 0 heterocycles. The Morgan fingerprint density at radius 3 is 2.68 bits per heavy atom. The minimum atomic E-state index is -0.461. The number of nitrogens with zero attached hydrogens (tertiary/aromatic N) is 1. The van der Waals surface area contributed by atoms with Gasteiger partial charge in [0, 0.05) is 6.07 Å². The SMILES string of the molecule is CCOC(=O)C(CC)c1ccc([N+](=O)[O-])c(OCC2CC2)c1. The molecule has 1 atom stereocenters. The van der Waals surface area contributed by atoms with Gasteiger partial charge in [-0.2, -0.15) is 0 Å². The summed E-state index contributed by atoms with van der Waals surface area (Å²) in [6, 6.07) is 4.61. The van der Waals surface area contributed by atoms with Gasteiger partial charge in [-0.1, -0.05) is 13.0 Å². The van der Waals surface area contributed by atoms with Crippen LogP contribution >= 0.6 is 0 Å². The summed E-state index contributed by atoms with van der Waals surface area (Å²) in [5, 5.41) is 11.1. The maximum Gasteiger partial charge on any atom is 0.313 e. The number of ether oxygens (including phenoxy) is 2. The van der Waals surface area contributed by atoms with Crippen LogP contribution in [0.2, 0.25) is 0 Å². The first-order valence-corrected chi connectivity index (χ1v) is 7.64. The summed E-state index contributed by atoms with van der Waals surface area (Å²) in [4.78, 5) is 22.6. The molecular weight excluding hydrogens is 286 g/mol. The molecule has 1 fully saturated rings. The first-order chi connectivity index (χ1) is 10.6. The van der Waals surface area contributed by atoms with Crippen molar-refractivity contribution in [3.05, 3.63) is 33.9 Å². The van der Waals surface area contributed by atoms with Crippen molar-refractivity contribution in [3.63, 3.8) is 0 Å². The lowest BCUT2D eigenvalue weighted by molar-refractivity contribution is -0.385. The molecule has 0 amide bonds. The number of nitro groups is 1. The molecule has 6 nitrogen and oxygen atoms in total. The summed E-state index contributed by atoms with van der Waals surface area (Å²) in [5.41, 5.74) is 0.625. The third-order valence-corrected chi connectivity index (χ3v) is 3.73. The largest absolute Gasteiger partial charge is 0.487 e. The summed E-state index contributed by atoms with van der Waals surface area (Å²) in [6.45, 7) is 4.44. The lowest BCUT2D eigenvalue weighted by atomic mass is 9.96. The summed E-state index contributed by atoms with van der Waals surface area (Å²) in [6.07, 6.45) is 2.78. The Labute approximate surface area is 129 Å². The van der Waals surface area contributed by atoms with Gasteiger partial charge in [0.25, 0.3) is 0 Å². The number of nitro benzene ring substituents is 1. The highest BCUT2D eigenvalue weighted by Gasteiger charge is 2.26. The molecule has 1 saturated carbocycles. The highest BCUT2D eigenvalue weighted by molar-refractivity contribution is 5.78. The van der Waals surface area contributed by atoms with Gasteiger partial charge in [-0.3, -0.25) is 14.9 Å². The van der Waals surface area contributed by atoms with E-state index in [-0.39, 0.29) is 17.4 Å². The molecule has 0 aliphatic heterocycles. The Morgan fingerprint density at radius 1 is 1.41 bits per heavy atom. The summed E-state index contributed by atoms with van der Waals surface area (Å²) < 4.78 is 10.7. The van der Waals surface area contributed by atoms with E-state index in [1.54, 1.807) is 19.1 Å². The maximum absolute atomic E-state index is 12.0. The monoisotopic (exact) mass is 307 g/mol. The lowest BCUT2D eigenvalue weighted by Crippen LogP contribution is -2.15. The minimum Gasteiger partial charge on any atom is -0.487 e. The number of benzene rings is 1. The smallest absolute Gasteiger partial charge is 0.313 e. The molecule has 0 aromatic heterocycles. The maximum atomic E-state index is 12.0. The third-order valence-electron chi connectivity index (χ3n) is 3.73. The fraction of sp³-hybridized carbons (Fsp3) is 0.562. The quantitative estimate of drug-likeness (QED) is 0.417. The van der Waals surface area contributed by atoms with Gasteiger partial charge in [0.15, 0.2) is 5.75 Å². The van der Waals surface area contributed by atoms with Crippen molar-refractivity contribution >= 4 is 11.7 Å². The Bertz CT molecular complexity index is 553. The predicted octanol–water partition coefficient (Wildman–Crippen LogP) is 3.44. The second kappa shape index (κ2) is 7.24. The predicted molar refractivity (Wildman–Crippen MR) is 81.0 cm³/mol. The number of carbonyl (C=O) groups excluding carboxylic acids is 1. The average molecular weight is 307 g/mol. The highest BCUT2D eigenvalue weighted by atomic mass is 16.6. The second-order valence-electron chi connectivity index (χ2n) is 5.45. The number of hydrogen-bond donors (Lipinski definition) is 0. The summed E-state index contributed by atoms with van der Waals surface area (Å²) in [5.74, 6) is -0.0107. The van der Waals surface area contributed by atoms with Crippen LogP contribution in [-0.2, 0) is 9.53 Å². The average Bonchev–Trinajstić information content (AvgIpc) is 3.30. The van der Waals surface area contributed by atoms with Crippen LogP contribution in [0.3, 0.4) is 0 Å². The summed E-state index contributed by atoms with van der Waals surface area (Å²) in [7, 11) is 0. The molecule has 2 rings (SSSR count). The van der Waals surface area contributed by atoms with Gasteiger partial charge in [-0.15, -0.1) is 0 Å². The van der Waals surface area contributed by atoms with E-state index in [9.17, 15) is 14.9 Å². The molecule has 22 heavy (non-hydrogen) atoms. The van der Waals surface area contributed by atoms with Crippen LogP contribution in [0.25, 0.3) is 0 Å². The van der Waals surface area contributed by atoms with E-state index < -0.39 is 10.8 Å². The Morgan fingerprint density at radius 2 is 2.14 bits per heavy atom. The molecule has 0 bridgehead atoms. The topological polar surface area (TPSA) is 78.7 Å². The zero-order chi connectivity index (χ0) is 16.1. The zero-order valence-corrected chi connectivity index (χ0v) is 12.9. The van der Waals surface area contributed by atoms with Crippen molar-refractivity contribution in [2.24, 2.45) is 5.92 Å². The van der Waals surface area contributed by atoms with Crippen LogP contribution in [0.1, 0.15) is 44.6 Å². The Kier molecular flexibility index (Phi) is 5.35. The van der Waals surface area contributed by atoms with Gasteiger partial charge in [0.1, 0.15) is 0 Å². The van der Waals surface area contributed by atoms with Crippen molar-refractivity contribution < 1.29 is 19.2 Å². The third kappa shape index (κ3) is 3.96. The van der Waals surface area contributed by atoms with Crippen molar-refractivity contribution in [1.82, 2.24) is 0 Å². The first kappa shape index (κ1) is 16.3. The molecule has 1 aromatic carbocycles. The highest BCUT2D eigenvalue weighted by Crippen LogP contribution is 2.35. The molecule has 1 unspecified atom stereocenters. The number of esters is 1. The molecule has 120 valence electrons. The zero-order valence-electron chi connectivity index (χ0n) is 12.9. The van der Waals surface area contributed by atoms with Crippen LogP contribution in [0.15, 0.2) is 18.2 Å². The molecule has 1 aliphatic rings. The molecular formula is C16H21NO5. The van der Waals surface area contributed by atoms with E-state index in [1.807, 2.05) is 6.92 Å². The number of carbonyl (C=O) groups is 1. The summed E-state index contributed by atoms with van der Waals surface area (Å²) >= 11 is 0. The second-order valence-corrected chi connectivity index (χ2v) is 5.45. The molecule has 1 aliphatic carbocycles. The fourth-order valence-corrected chi connectivity index (χ4v) is 2.29. The Balaban J connectivity index is 2.24. The van der Waals surface area contributed by atoms with Crippen LogP contribution in [0.5, 0.6) is 5.75 Å². The molecule has 1 aromatic rings. The van der Waals surface area contributed by atoms with E-state index >= 15 is 0 Å². The van der Waals surface area contributed by atoms with Gasteiger partial charge in [-0.05, 0) is 43.7 Å². The van der Waals surface area contributed by atoms with Crippen molar-refractivity contribution in [1.29, 1.82) is 0 Å². The minimum absolute atomic E-state index is 0.0666. The van der Waals surface area contributed by atoms with Gasteiger partial charge < -0.3 is 9.47 Å². The van der Waals surface area contributed by atoms with E-state index in [0.717, 1.165) is 12.8 Å². The van der Waals surface area contributed by atoms with Crippen molar-refractivity contribution in [3.8, 4) is 5.75 Å². The molecule has 0 saturated heterocycles. The van der Waals surface area contributed by atoms with E-state index in [2.05, 4.69) is 0 Å². The van der Waals surface area contributed by atoms with Crippen LogP contribution < -0.4 is 4.74 Å². The van der Waals surface area contributed by atoms with E-state index in [0.29, 0.717) is 31.1 Å². The first-order valence-electron chi connectivity index (χ1n) is 7.64. The van der Waals surface area contributed by atoms with E-state index in [1.165, 1.54) is 6.07 Å². The van der Waals surface area contributed by atoms with Gasteiger partial charge in [0.2, 0.25) is 0 Å². The normalized spacial score (nSPS) is 15.2. The molecule has 0 radical (unpaired) electrons. The molecule has 0 N–H and O–H groups in total. The van der Waals surface area contributed by atoms with Gasteiger partial charge in [0.05, 0.1) is 24.1 Å². The lowest BCUT2D eigenvalue weighted by Gasteiger charge is -2.15. The molecule has 0 spiro atoms. The van der Waals surface area contributed by atoms with Crippen LogP contribution in [0.4, 0.5) is 5.69 Å². The van der Waals surface area contributed by atoms with Gasteiger partial charge in [-0.25, -0.2) is 0 Å². The van der Waals surface area contributed by atoms with E-state index in [4.69, 9.17) is 9.47 Å². The number of hydrogen-bond acceptors (Lipinski definition) is 5. The number of rotatable bonds is 8. The fourth-order valence-electron chi connectivity index (χ4n) is 2.29. The Hall–Kier alpha value is -2.11. The van der Waals surface area contributed by atoms with Gasteiger partial charge >= 0.3 is 11.7 Å².